The zero-order valence-corrected chi connectivity index (χ0v) is 10.1. The number of rotatable bonds is 3. The summed E-state index contributed by atoms with van der Waals surface area (Å²) in [6.07, 6.45) is 1.41. The molecule has 0 radical (unpaired) electrons. The fourth-order valence-corrected chi connectivity index (χ4v) is 3.20. The van der Waals surface area contributed by atoms with Crippen LogP contribution in [0.5, 0.6) is 11.5 Å². The molecule has 2 rings (SSSR count). The molecule has 1 N–H and O–H groups in total. The summed E-state index contributed by atoms with van der Waals surface area (Å²) in [5.41, 5.74) is 0.316. The highest BCUT2D eigenvalue weighted by atomic mass is 32.2. The quantitative estimate of drug-likeness (QED) is 0.834. The lowest BCUT2D eigenvalue weighted by molar-refractivity contribution is -0.107. The Kier molecular flexibility index (Phi) is 3.38. The molecule has 0 saturated carbocycles. The lowest BCUT2D eigenvalue weighted by Gasteiger charge is -2.23. The van der Waals surface area contributed by atoms with Crippen LogP contribution in [0, 0.1) is 0 Å². The smallest absolute Gasteiger partial charge is 0.168 e. The van der Waals surface area contributed by atoms with Crippen LogP contribution < -0.4 is 4.74 Å². The number of phenolic OH excluding ortho intramolecular Hbond substituents is 1. The van der Waals surface area contributed by atoms with E-state index < -0.39 is 0 Å². The third-order valence-corrected chi connectivity index (χ3v) is 3.99. The van der Waals surface area contributed by atoms with Gasteiger partial charge in [-0.1, -0.05) is 0 Å². The minimum Gasteiger partial charge on any atom is -0.507 e. The Morgan fingerprint density at radius 2 is 2.35 bits per heavy atom. The van der Waals surface area contributed by atoms with Crippen LogP contribution in [0.1, 0.15) is 23.2 Å². The van der Waals surface area contributed by atoms with Gasteiger partial charge < -0.3 is 14.6 Å². The van der Waals surface area contributed by atoms with Crippen LogP contribution >= 0.6 is 11.8 Å². The average Bonchev–Trinajstić information content (AvgIpc) is 2.29. The number of ether oxygens (including phenoxy) is 1. The number of aromatic hydroxyl groups is 1. The van der Waals surface area contributed by atoms with Gasteiger partial charge in [-0.2, -0.15) is 0 Å². The van der Waals surface area contributed by atoms with Crippen molar-refractivity contribution in [1.82, 2.24) is 0 Å². The van der Waals surface area contributed by atoms with Crippen molar-refractivity contribution < 1.29 is 19.4 Å². The maximum atomic E-state index is 11.9. The van der Waals surface area contributed by atoms with Crippen LogP contribution in [0.25, 0.3) is 0 Å². The predicted molar refractivity (Wildman–Crippen MR) is 63.9 cm³/mol. The largest absolute Gasteiger partial charge is 0.507 e. The zero-order chi connectivity index (χ0) is 12.4. The first kappa shape index (κ1) is 12.0. The van der Waals surface area contributed by atoms with Crippen LogP contribution in [0.2, 0.25) is 0 Å². The first-order valence-electron chi connectivity index (χ1n) is 5.20. The lowest BCUT2D eigenvalue weighted by Crippen LogP contribution is -2.18. The number of aldehydes is 1. The molecule has 1 aromatic carbocycles. The van der Waals surface area contributed by atoms with Gasteiger partial charge in [-0.25, -0.2) is 0 Å². The molecule has 17 heavy (non-hydrogen) atoms. The molecule has 1 atom stereocenters. The van der Waals surface area contributed by atoms with Gasteiger partial charge in [0.2, 0.25) is 0 Å². The Morgan fingerprint density at radius 1 is 1.59 bits per heavy atom. The van der Waals surface area contributed by atoms with Crippen molar-refractivity contribution in [3.63, 3.8) is 0 Å². The molecule has 1 unspecified atom stereocenters. The molecule has 0 aromatic heterocycles. The second kappa shape index (κ2) is 4.79. The minimum absolute atomic E-state index is 0.0251. The van der Waals surface area contributed by atoms with E-state index in [0.717, 1.165) is 6.29 Å². The number of carbonyl (C=O) groups is 2. The maximum absolute atomic E-state index is 11.9. The Bertz CT molecular complexity index is 470. The molecule has 0 aliphatic carbocycles. The third-order valence-electron chi connectivity index (χ3n) is 2.66. The maximum Gasteiger partial charge on any atom is 0.168 e. The summed E-state index contributed by atoms with van der Waals surface area (Å²) in [6.45, 7) is 0. The highest BCUT2D eigenvalue weighted by Gasteiger charge is 2.30. The molecule has 0 fully saturated rings. The van der Waals surface area contributed by atoms with Crippen molar-refractivity contribution in [1.29, 1.82) is 0 Å². The molecule has 1 aromatic rings. The lowest BCUT2D eigenvalue weighted by atomic mass is 10.0. The molecule has 0 bridgehead atoms. The summed E-state index contributed by atoms with van der Waals surface area (Å²) >= 11 is 1.41. The number of carbonyl (C=O) groups excluding carboxylic acids is 2. The van der Waals surface area contributed by atoms with Gasteiger partial charge in [0, 0.05) is 18.1 Å². The molecule has 5 heteroatoms. The van der Waals surface area contributed by atoms with E-state index in [1.54, 1.807) is 6.07 Å². The van der Waals surface area contributed by atoms with Gasteiger partial charge in [0.15, 0.2) is 5.78 Å². The summed E-state index contributed by atoms with van der Waals surface area (Å²) in [6, 6.07) is 3.08. The number of hydrogen-bond donors (Lipinski definition) is 1. The van der Waals surface area contributed by atoms with Crippen molar-refractivity contribution in [2.24, 2.45) is 0 Å². The molecule has 0 spiro atoms. The Morgan fingerprint density at radius 3 is 3.00 bits per heavy atom. The average molecular weight is 252 g/mol. The number of ketones is 1. The predicted octanol–water partition coefficient (Wildman–Crippen LogP) is 2.04. The van der Waals surface area contributed by atoms with E-state index in [1.807, 2.05) is 0 Å². The Balaban J connectivity index is 2.47. The normalized spacial score (nSPS) is 18.6. The van der Waals surface area contributed by atoms with Gasteiger partial charge in [-0.3, -0.25) is 4.79 Å². The zero-order valence-electron chi connectivity index (χ0n) is 9.30. The Labute approximate surface area is 103 Å². The van der Waals surface area contributed by atoms with Gasteiger partial charge in [-0.15, -0.1) is 11.8 Å². The topological polar surface area (TPSA) is 63.6 Å². The molecule has 0 saturated heterocycles. The van der Waals surface area contributed by atoms with Gasteiger partial charge >= 0.3 is 0 Å². The molecule has 0 amide bonds. The van der Waals surface area contributed by atoms with E-state index in [1.165, 1.54) is 24.9 Å². The highest BCUT2D eigenvalue weighted by Crippen LogP contribution is 2.45. The minimum atomic E-state index is -0.137. The first-order chi connectivity index (χ1) is 8.17. The standard InChI is InChI=1S/C12H12O4S/c1-16-10-3-2-8(14)11-9(15)6-7(4-5-13)17-12(10)11/h2-3,5,7,14H,4,6H2,1H3. The van der Waals surface area contributed by atoms with Crippen molar-refractivity contribution in [2.45, 2.75) is 23.0 Å². The van der Waals surface area contributed by atoms with Crippen LogP contribution in [-0.4, -0.2) is 29.5 Å². The third kappa shape index (κ3) is 2.15. The van der Waals surface area contributed by atoms with Crippen molar-refractivity contribution >= 4 is 23.8 Å². The number of hydrogen-bond acceptors (Lipinski definition) is 5. The van der Waals surface area contributed by atoms with Gasteiger partial charge in [0.1, 0.15) is 17.8 Å². The van der Waals surface area contributed by atoms with E-state index in [2.05, 4.69) is 0 Å². The van der Waals surface area contributed by atoms with Crippen LogP contribution in [-0.2, 0) is 4.79 Å². The monoisotopic (exact) mass is 252 g/mol. The molecule has 90 valence electrons. The van der Waals surface area contributed by atoms with E-state index in [4.69, 9.17) is 4.74 Å². The summed E-state index contributed by atoms with van der Waals surface area (Å²) < 4.78 is 5.17. The summed E-state index contributed by atoms with van der Waals surface area (Å²) in [4.78, 5) is 23.1. The van der Waals surface area contributed by atoms with Crippen LogP contribution in [0.3, 0.4) is 0 Å². The number of methoxy groups -OCH3 is 1. The van der Waals surface area contributed by atoms with Crippen molar-refractivity contribution in [3.05, 3.63) is 17.7 Å². The van der Waals surface area contributed by atoms with E-state index in [9.17, 15) is 14.7 Å². The summed E-state index contributed by atoms with van der Waals surface area (Å²) in [7, 11) is 1.51. The number of benzene rings is 1. The fourth-order valence-electron chi connectivity index (χ4n) is 1.86. The summed E-state index contributed by atoms with van der Waals surface area (Å²) in [5, 5.41) is 9.64. The second-order valence-corrected chi connectivity index (χ2v) is 5.07. The van der Waals surface area contributed by atoms with Crippen molar-refractivity contribution in [2.75, 3.05) is 7.11 Å². The second-order valence-electron chi connectivity index (χ2n) is 3.76. The number of fused-ring (bicyclic) bond motifs is 1. The van der Waals surface area contributed by atoms with E-state index in [-0.39, 0.29) is 23.2 Å². The molecule has 1 aliphatic rings. The van der Waals surface area contributed by atoms with E-state index in [0.29, 0.717) is 22.6 Å². The van der Waals surface area contributed by atoms with Crippen molar-refractivity contribution in [3.8, 4) is 11.5 Å². The molecule has 4 nitrogen and oxygen atoms in total. The number of Topliss-reactive ketones (excluding diaryl/α,β-unsaturated/α-hetero) is 1. The first-order valence-corrected chi connectivity index (χ1v) is 6.08. The fraction of sp³-hybridized carbons (Fsp3) is 0.333. The summed E-state index contributed by atoms with van der Waals surface area (Å²) in [5.74, 6) is 0.400. The SMILES string of the molecule is COc1ccc(O)c2c1SC(CC=O)CC2=O. The van der Waals surface area contributed by atoms with Crippen LogP contribution in [0.4, 0.5) is 0 Å². The van der Waals surface area contributed by atoms with Gasteiger partial charge in [0.05, 0.1) is 17.6 Å². The molecule has 1 heterocycles. The highest BCUT2D eigenvalue weighted by molar-refractivity contribution is 8.00. The number of phenols is 1. The molecular formula is C12H12O4S. The van der Waals surface area contributed by atoms with E-state index >= 15 is 0 Å². The number of thioether (sulfide) groups is 1. The van der Waals surface area contributed by atoms with Crippen LogP contribution in [0.15, 0.2) is 17.0 Å². The molecular weight excluding hydrogens is 240 g/mol. The Hall–Kier alpha value is -1.49. The molecule has 1 aliphatic heterocycles. The van der Waals surface area contributed by atoms with Gasteiger partial charge in [-0.05, 0) is 12.1 Å². The van der Waals surface area contributed by atoms with Gasteiger partial charge in [0.25, 0.3) is 0 Å².